The molecule has 5 heteroatoms. The van der Waals surface area contributed by atoms with Crippen LogP contribution in [0.3, 0.4) is 0 Å². The first-order chi connectivity index (χ1) is 9.47. The highest BCUT2D eigenvalue weighted by atomic mass is 16.7. The van der Waals surface area contributed by atoms with E-state index in [2.05, 4.69) is 4.74 Å². The van der Waals surface area contributed by atoms with Crippen LogP contribution in [0.15, 0.2) is 23.1 Å². The Labute approximate surface area is 115 Å². The molecular weight excluding hydrogens is 258 g/mol. The van der Waals surface area contributed by atoms with Crippen LogP contribution >= 0.6 is 0 Å². The van der Waals surface area contributed by atoms with E-state index in [1.807, 2.05) is 24.5 Å². The number of aryl methyl sites for hydroxylation is 2. The first-order valence-electron chi connectivity index (χ1n) is 6.54. The predicted octanol–water partition coefficient (Wildman–Crippen LogP) is 3.01. The van der Waals surface area contributed by atoms with Gasteiger partial charge in [0.2, 0.25) is 5.43 Å². The number of pyridine rings is 1. The standard InChI is InChI=1S/C15H15NO4/c1-8-5-11-12(6-9(8)2)16(10-3-4-10)7-13(14(11)17)20-15(18)19/h5-7,10H,3-4H2,1-2H3,(H,18,19). The molecule has 1 aliphatic carbocycles. The molecule has 20 heavy (non-hydrogen) atoms. The monoisotopic (exact) mass is 273 g/mol. The Bertz CT molecular complexity index is 772. The summed E-state index contributed by atoms with van der Waals surface area (Å²) in [6, 6.07) is 4.12. The summed E-state index contributed by atoms with van der Waals surface area (Å²) in [6.07, 6.45) is 2.13. The van der Waals surface area contributed by atoms with E-state index in [0.717, 1.165) is 29.5 Å². The molecule has 0 atom stereocenters. The number of hydrogen-bond donors (Lipinski definition) is 1. The maximum absolute atomic E-state index is 12.3. The molecule has 0 spiro atoms. The van der Waals surface area contributed by atoms with Crippen LogP contribution in [0.25, 0.3) is 10.9 Å². The van der Waals surface area contributed by atoms with Gasteiger partial charge in [0.05, 0.1) is 11.7 Å². The van der Waals surface area contributed by atoms with Crippen LogP contribution in [0.1, 0.15) is 30.0 Å². The van der Waals surface area contributed by atoms with Gasteiger partial charge in [-0.15, -0.1) is 0 Å². The van der Waals surface area contributed by atoms with Gasteiger partial charge in [-0.3, -0.25) is 4.79 Å². The Morgan fingerprint density at radius 3 is 2.55 bits per heavy atom. The van der Waals surface area contributed by atoms with Crippen LogP contribution in [0.4, 0.5) is 4.79 Å². The van der Waals surface area contributed by atoms with Crippen molar-refractivity contribution in [2.45, 2.75) is 32.7 Å². The third-order valence-corrected chi connectivity index (χ3v) is 3.75. The fraction of sp³-hybridized carbons (Fsp3) is 0.333. The molecule has 0 radical (unpaired) electrons. The summed E-state index contributed by atoms with van der Waals surface area (Å²) in [7, 11) is 0. The summed E-state index contributed by atoms with van der Waals surface area (Å²) in [4.78, 5) is 23.0. The van der Waals surface area contributed by atoms with E-state index in [-0.39, 0.29) is 11.2 Å². The average molecular weight is 273 g/mol. The van der Waals surface area contributed by atoms with Gasteiger partial charge in [-0.2, -0.15) is 0 Å². The summed E-state index contributed by atoms with van der Waals surface area (Å²) < 4.78 is 6.58. The Morgan fingerprint density at radius 2 is 1.95 bits per heavy atom. The highest BCUT2D eigenvalue weighted by Crippen LogP contribution is 2.38. The summed E-state index contributed by atoms with van der Waals surface area (Å²) in [5.74, 6) is -0.125. The second kappa shape index (κ2) is 4.37. The lowest BCUT2D eigenvalue weighted by atomic mass is 10.1. The summed E-state index contributed by atoms with van der Waals surface area (Å²) in [5.41, 5.74) is 2.59. The Morgan fingerprint density at radius 1 is 1.30 bits per heavy atom. The molecule has 1 heterocycles. The molecule has 1 aromatic carbocycles. The Balaban J connectivity index is 2.33. The number of fused-ring (bicyclic) bond motifs is 1. The normalized spacial score (nSPS) is 14.5. The second-order valence-corrected chi connectivity index (χ2v) is 5.28. The van der Waals surface area contributed by atoms with Crippen molar-refractivity contribution in [2.24, 2.45) is 0 Å². The maximum Gasteiger partial charge on any atom is 0.511 e. The van der Waals surface area contributed by atoms with Crippen LogP contribution < -0.4 is 10.2 Å². The lowest BCUT2D eigenvalue weighted by molar-refractivity contribution is 0.143. The lowest BCUT2D eigenvalue weighted by Crippen LogP contribution is -2.16. The minimum absolute atomic E-state index is 0.125. The number of carbonyl (C=O) groups is 1. The van der Waals surface area contributed by atoms with Gasteiger partial charge >= 0.3 is 6.16 Å². The predicted molar refractivity (Wildman–Crippen MR) is 74.6 cm³/mol. The SMILES string of the molecule is Cc1cc2c(=O)c(OC(=O)O)cn(C3CC3)c2cc1C. The number of carboxylic acid groups (broad SMARTS) is 1. The third-order valence-electron chi connectivity index (χ3n) is 3.75. The molecule has 1 aromatic heterocycles. The number of ether oxygens (including phenoxy) is 1. The molecule has 1 saturated carbocycles. The van der Waals surface area contributed by atoms with Gasteiger partial charge in [0.25, 0.3) is 0 Å². The number of aromatic nitrogens is 1. The molecule has 1 N–H and O–H groups in total. The molecule has 5 nitrogen and oxygen atoms in total. The van der Waals surface area contributed by atoms with E-state index in [0.29, 0.717) is 11.4 Å². The van der Waals surface area contributed by atoms with Gasteiger partial charge in [0.15, 0.2) is 5.75 Å². The van der Waals surface area contributed by atoms with Crippen molar-refractivity contribution in [2.75, 3.05) is 0 Å². The van der Waals surface area contributed by atoms with Crippen molar-refractivity contribution in [3.8, 4) is 5.75 Å². The minimum Gasteiger partial charge on any atom is -0.449 e. The summed E-state index contributed by atoms with van der Waals surface area (Å²) in [6.45, 7) is 3.93. The summed E-state index contributed by atoms with van der Waals surface area (Å²) >= 11 is 0. The van der Waals surface area contributed by atoms with E-state index in [1.54, 1.807) is 6.07 Å². The average Bonchev–Trinajstić information content (AvgIpc) is 3.19. The number of rotatable bonds is 2. The minimum atomic E-state index is -1.47. The third kappa shape index (κ3) is 2.05. The molecule has 104 valence electrons. The first-order valence-corrected chi connectivity index (χ1v) is 6.54. The zero-order chi connectivity index (χ0) is 14.4. The molecule has 0 saturated heterocycles. The molecule has 0 amide bonds. The Kier molecular flexibility index (Phi) is 2.78. The van der Waals surface area contributed by atoms with Gasteiger partial charge in [-0.05, 0) is 49.9 Å². The molecule has 1 aliphatic rings. The van der Waals surface area contributed by atoms with Crippen molar-refractivity contribution in [1.29, 1.82) is 0 Å². The van der Waals surface area contributed by atoms with Gasteiger partial charge in [-0.25, -0.2) is 4.79 Å². The van der Waals surface area contributed by atoms with E-state index in [9.17, 15) is 9.59 Å². The highest BCUT2D eigenvalue weighted by Gasteiger charge is 2.26. The van der Waals surface area contributed by atoms with Crippen LogP contribution in [-0.2, 0) is 0 Å². The van der Waals surface area contributed by atoms with Gasteiger partial charge in [0.1, 0.15) is 0 Å². The quantitative estimate of drug-likeness (QED) is 0.854. The van der Waals surface area contributed by atoms with E-state index in [1.165, 1.54) is 6.20 Å². The molecule has 2 aromatic rings. The number of benzene rings is 1. The van der Waals surface area contributed by atoms with Crippen molar-refractivity contribution >= 4 is 17.1 Å². The van der Waals surface area contributed by atoms with Crippen molar-refractivity contribution in [3.05, 3.63) is 39.7 Å². The number of nitrogens with zero attached hydrogens (tertiary/aromatic N) is 1. The van der Waals surface area contributed by atoms with Crippen LogP contribution in [-0.4, -0.2) is 15.8 Å². The molecule has 0 unspecified atom stereocenters. The topological polar surface area (TPSA) is 68.5 Å². The van der Waals surface area contributed by atoms with Crippen LogP contribution in [0.2, 0.25) is 0 Å². The molecule has 0 aliphatic heterocycles. The van der Waals surface area contributed by atoms with Crippen LogP contribution in [0.5, 0.6) is 5.75 Å². The first kappa shape index (κ1) is 12.7. The van der Waals surface area contributed by atoms with Gasteiger partial charge < -0.3 is 14.4 Å². The highest BCUT2D eigenvalue weighted by molar-refractivity contribution is 5.82. The van der Waals surface area contributed by atoms with Crippen molar-refractivity contribution in [1.82, 2.24) is 4.57 Å². The fourth-order valence-corrected chi connectivity index (χ4v) is 2.41. The van der Waals surface area contributed by atoms with E-state index >= 15 is 0 Å². The van der Waals surface area contributed by atoms with E-state index < -0.39 is 6.16 Å². The van der Waals surface area contributed by atoms with Gasteiger partial charge in [-0.1, -0.05) is 0 Å². The summed E-state index contributed by atoms with van der Waals surface area (Å²) in [5, 5.41) is 9.25. The Hall–Kier alpha value is -2.30. The molecule has 1 fully saturated rings. The molecule has 0 bridgehead atoms. The zero-order valence-corrected chi connectivity index (χ0v) is 11.3. The van der Waals surface area contributed by atoms with Gasteiger partial charge in [0, 0.05) is 11.4 Å². The number of hydrogen-bond acceptors (Lipinski definition) is 3. The zero-order valence-electron chi connectivity index (χ0n) is 11.3. The van der Waals surface area contributed by atoms with Crippen LogP contribution in [0, 0.1) is 13.8 Å². The van der Waals surface area contributed by atoms with Crippen molar-refractivity contribution in [3.63, 3.8) is 0 Å². The van der Waals surface area contributed by atoms with Crippen molar-refractivity contribution < 1.29 is 14.6 Å². The lowest BCUT2D eigenvalue weighted by Gasteiger charge is -2.13. The smallest absolute Gasteiger partial charge is 0.449 e. The maximum atomic E-state index is 12.3. The molecule has 3 rings (SSSR count). The second-order valence-electron chi connectivity index (χ2n) is 5.28. The molecular formula is C15H15NO4. The fourth-order valence-electron chi connectivity index (χ4n) is 2.41. The largest absolute Gasteiger partial charge is 0.511 e. The van der Waals surface area contributed by atoms with E-state index in [4.69, 9.17) is 5.11 Å².